The smallest absolute Gasteiger partial charge is 0.251 e. The average Bonchev–Trinajstić information content (AvgIpc) is 3.61. The molecule has 1 aromatic heterocycles. The second-order valence-electron chi connectivity index (χ2n) is 9.40. The van der Waals surface area contributed by atoms with E-state index in [1.807, 2.05) is 36.4 Å². The molecule has 1 atom stereocenters. The van der Waals surface area contributed by atoms with Crippen LogP contribution in [0.3, 0.4) is 0 Å². The number of amides is 2. The van der Waals surface area contributed by atoms with Gasteiger partial charge in [0.2, 0.25) is 12.7 Å². The van der Waals surface area contributed by atoms with E-state index in [1.165, 1.54) is 9.58 Å². The standard InChI is InChI=1S/C30H23Cl2N5O4/c31-21-9-5-19(6-10-21)16-36(28(38)17-37-25-4-2-1-3-24(25)34-35-37)29(20-7-11-22(32)12-8-20)30(39)33-23-13-14-26-27(15-23)41-18-40-26/h1-15,29H,16-18H2,(H,33,39). The number of benzene rings is 4. The van der Waals surface area contributed by atoms with Gasteiger partial charge in [0.1, 0.15) is 18.1 Å². The van der Waals surface area contributed by atoms with Crippen LogP contribution in [0.25, 0.3) is 11.0 Å². The van der Waals surface area contributed by atoms with Crippen molar-refractivity contribution in [3.63, 3.8) is 0 Å². The molecule has 1 unspecified atom stereocenters. The fourth-order valence-electron chi connectivity index (χ4n) is 4.67. The number of nitrogens with zero attached hydrogens (tertiary/aromatic N) is 4. The van der Waals surface area contributed by atoms with Crippen molar-refractivity contribution in [2.24, 2.45) is 0 Å². The lowest BCUT2D eigenvalue weighted by atomic mass is 10.0. The van der Waals surface area contributed by atoms with Gasteiger partial charge in [-0.3, -0.25) is 9.59 Å². The highest BCUT2D eigenvalue weighted by Gasteiger charge is 2.32. The van der Waals surface area contributed by atoms with Crippen LogP contribution in [0.1, 0.15) is 17.2 Å². The maximum Gasteiger partial charge on any atom is 0.251 e. The fraction of sp³-hybridized carbons (Fsp3) is 0.133. The highest BCUT2D eigenvalue weighted by atomic mass is 35.5. The number of anilines is 1. The Labute approximate surface area is 245 Å². The van der Waals surface area contributed by atoms with Gasteiger partial charge in [-0.05, 0) is 59.7 Å². The molecule has 0 aliphatic carbocycles. The van der Waals surface area contributed by atoms with Crippen LogP contribution >= 0.6 is 23.2 Å². The number of carbonyl (C=O) groups excluding carboxylic acids is 2. The first-order valence-electron chi connectivity index (χ1n) is 12.7. The molecule has 1 aliphatic rings. The first kappa shape index (κ1) is 26.6. The average molecular weight is 588 g/mol. The zero-order valence-corrected chi connectivity index (χ0v) is 23.0. The number of aromatic nitrogens is 3. The molecule has 0 fully saturated rings. The van der Waals surface area contributed by atoms with Gasteiger partial charge < -0.3 is 19.7 Å². The number of hydrogen-bond donors (Lipinski definition) is 1. The predicted molar refractivity (Wildman–Crippen MR) is 155 cm³/mol. The first-order chi connectivity index (χ1) is 19.9. The molecular formula is C30H23Cl2N5O4. The summed E-state index contributed by atoms with van der Waals surface area (Å²) >= 11 is 12.3. The van der Waals surface area contributed by atoms with Crippen molar-refractivity contribution in [3.8, 4) is 11.5 Å². The van der Waals surface area contributed by atoms with E-state index in [-0.39, 0.29) is 25.8 Å². The molecule has 2 amide bonds. The normalized spacial score (nSPS) is 12.7. The summed E-state index contributed by atoms with van der Waals surface area (Å²) in [5.41, 5.74) is 3.25. The number of carbonyl (C=O) groups is 2. The Bertz CT molecular complexity index is 1720. The van der Waals surface area contributed by atoms with Gasteiger partial charge in [-0.15, -0.1) is 5.10 Å². The third-order valence-corrected chi connectivity index (χ3v) is 7.18. The SMILES string of the molecule is O=C(Nc1ccc2c(c1)OCO2)C(c1ccc(Cl)cc1)N(Cc1ccc(Cl)cc1)C(=O)Cn1nnc2ccccc21. The topological polar surface area (TPSA) is 98.6 Å². The van der Waals surface area contributed by atoms with Gasteiger partial charge in [-0.1, -0.05) is 64.8 Å². The van der Waals surface area contributed by atoms with Crippen LogP contribution < -0.4 is 14.8 Å². The van der Waals surface area contributed by atoms with Gasteiger partial charge in [0.25, 0.3) is 5.91 Å². The van der Waals surface area contributed by atoms with Gasteiger partial charge >= 0.3 is 0 Å². The van der Waals surface area contributed by atoms with Gasteiger partial charge in [0.05, 0.1) is 5.52 Å². The predicted octanol–water partition coefficient (Wildman–Crippen LogP) is 5.88. The van der Waals surface area contributed by atoms with Crippen LogP contribution in [-0.4, -0.2) is 38.5 Å². The summed E-state index contributed by atoms with van der Waals surface area (Å²) in [4.78, 5) is 29.6. The lowest BCUT2D eigenvalue weighted by molar-refractivity contribution is -0.140. The number of fused-ring (bicyclic) bond motifs is 2. The summed E-state index contributed by atoms with van der Waals surface area (Å²) < 4.78 is 12.4. The van der Waals surface area contributed by atoms with Gasteiger partial charge in [0, 0.05) is 28.3 Å². The first-order valence-corrected chi connectivity index (χ1v) is 13.5. The molecule has 0 bridgehead atoms. The molecule has 0 saturated heterocycles. The monoisotopic (exact) mass is 587 g/mol. The molecule has 5 aromatic rings. The van der Waals surface area contributed by atoms with Crippen LogP contribution in [0.4, 0.5) is 5.69 Å². The van der Waals surface area contributed by atoms with Crippen molar-refractivity contribution in [1.29, 1.82) is 0 Å². The molecule has 0 radical (unpaired) electrons. The van der Waals surface area contributed by atoms with E-state index in [4.69, 9.17) is 32.7 Å². The maximum absolute atomic E-state index is 14.1. The Hall–Kier alpha value is -4.60. The molecule has 1 N–H and O–H groups in total. The largest absolute Gasteiger partial charge is 0.454 e. The van der Waals surface area contributed by atoms with Crippen molar-refractivity contribution in [1.82, 2.24) is 19.9 Å². The Kier molecular flexibility index (Phi) is 7.45. The second kappa shape index (κ2) is 11.5. The van der Waals surface area contributed by atoms with E-state index in [2.05, 4.69) is 15.6 Å². The quantitative estimate of drug-likeness (QED) is 0.243. The molecule has 206 valence electrons. The summed E-state index contributed by atoms with van der Waals surface area (Å²) in [7, 11) is 0. The van der Waals surface area contributed by atoms with Crippen molar-refractivity contribution < 1.29 is 19.1 Å². The Balaban J connectivity index is 1.38. The van der Waals surface area contributed by atoms with Crippen molar-refractivity contribution in [2.45, 2.75) is 19.1 Å². The van der Waals surface area contributed by atoms with E-state index in [0.29, 0.717) is 43.8 Å². The number of nitrogens with one attached hydrogen (secondary N) is 1. The maximum atomic E-state index is 14.1. The molecule has 0 saturated carbocycles. The summed E-state index contributed by atoms with van der Waals surface area (Å²) in [6.45, 7) is 0.112. The highest BCUT2D eigenvalue weighted by Crippen LogP contribution is 2.35. The molecule has 41 heavy (non-hydrogen) atoms. The van der Waals surface area contributed by atoms with E-state index in [0.717, 1.165) is 5.56 Å². The summed E-state index contributed by atoms with van der Waals surface area (Å²) in [5, 5.41) is 12.4. The minimum atomic E-state index is -1.02. The lowest BCUT2D eigenvalue weighted by Gasteiger charge is -2.31. The van der Waals surface area contributed by atoms with Crippen LogP contribution in [0.5, 0.6) is 11.5 Å². The number of halogens is 2. The Morgan fingerprint density at radius 2 is 1.61 bits per heavy atom. The third kappa shape index (κ3) is 5.82. The molecule has 1 aliphatic heterocycles. The minimum absolute atomic E-state index is 0.112. The van der Waals surface area contributed by atoms with Crippen LogP contribution in [-0.2, 0) is 22.7 Å². The highest BCUT2D eigenvalue weighted by molar-refractivity contribution is 6.30. The molecule has 6 rings (SSSR count). The van der Waals surface area contributed by atoms with Gasteiger partial charge in [0.15, 0.2) is 11.5 Å². The molecule has 4 aromatic carbocycles. The van der Waals surface area contributed by atoms with E-state index >= 15 is 0 Å². The lowest BCUT2D eigenvalue weighted by Crippen LogP contribution is -2.42. The van der Waals surface area contributed by atoms with Crippen LogP contribution in [0.15, 0.2) is 91.0 Å². The molecular weight excluding hydrogens is 565 g/mol. The van der Waals surface area contributed by atoms with Crippen molar-refractivity contribution in [3.05, 3.63) is 112 Å². The van der Waals surface area contributed by atoms with Gasteiger partial charge in [-0.25, -0.2) is 4.68 Å². The summed E-state index contributed by atoms with van der Waals surface area (Å²) in [6.07, 6.45) is 0. The van der Waals surface area contributed by atoms with Crippen LogP contribution in [0, 0.1) is 0 Å². The van der Waals surface area contributed by atoms with Crippen molar-refractivity contribution >= 4 is 51.7 Å². The molecule has 0 spiro atoms. The molecule has 9 nitrogen and oxygen atoms in total. The number of hydrogen-bond acceptors (Lipinski definition) is 6. The number of rotatable bonds is 8. The van der Waals surface area contributed by atoms with Crippen LogP contribution in [0.2, 0.25) is 10.0 Å². The Morgan fingerprint density at radius 1 is 0.902 bits per heavy atom. The summed E-state index contributed by atoms with van der Waals surface area (Å²) in [6, 6.07) is 25.5. The van der Waals surface area contributed by atoms with E-state index < -0.39 is 11.9 Å². The Morgan fingerprint density at radius 3 is 2.39 bits per heavy atom. The number of ether oxygens (including phenoxy) is 2. The third-order valence-electron chi connectivity index (χ3n) is 6.68. The van der Waals surface area contributed by atoms with Gasteiger partial charge in [-0.2, -0.15) is 0 Å². The molecule has 2 heterocycles. The van der Waals surface area contributed by atoms with E-state index in [1.54, 1.807) is 54.6 Å². The number of para-hydroxylation sites is 1. The fourth-order valence-corrected chi connectivity index (χ4v) is 4.92. The van der Waals surface area contributed by atoms with Crippen molar-refractivity contribution in [2.75, 3.05) is 12.1 Å². The second-order valence-corrected chi connectivity index (χ2v) is 10.3. The zero-order chi connectivity index (χ0) is 28.3. The zero-order valence-electron chi connectivity index (χ0n) is 21.5. The summed E-state index contributed by atoms with van der Waals surface area (Å²) in [5.74, 6) is 0.364. The minimum Gasteiger partial charge on any atom is -0.454 e. The van der Waals surface area contributed by atoms with E-state index in [9.17, 15) is 9.59 Å². The molecule has 11 heteroatoms.